The van der Waals surface area contributed by atoms with Crippen LogP contribution < -0.4 is 5.32 Å². The highest BCUT2D eigenvalue weighted by Gasteiger charge is 2.37. The number of ether oxygens (including phenoxy) is 1. The molecule has 2 aromatic carbocycles. The summed E-state index contributed by atoms with van der Waals surface area (Å²) in [6.07, 6.45) is 6.21. The molecular weight excluding hydrogens is 643 g/mol. The molecule has 2 saturated heterocycles. The monoisotopic (exact) mass is 684 g/mol. The number of nitrogens with zero attached hydrogens (tertiary/aromatic N) is 3. The Balaban J connectivity index is 1.12. The minimum atomic E-state index is -3.98. The summed E-state index contributed by atoms with van der Waals surface area (Å²) in [5.74, 6) is 0.383. The van der Waals surface area contributed by atoms with Crippen LogP contribution in [0.15, 0.2) is 47.4 Å². The van der Waals surface area contributed by atoms with Crippen molar-refractivity contribution in [1.29, 1.82) is 0 Å². The van der Waals surface area contributed by atoms with Crippen LogP contribution in [0.1, 0.15) is 56.6 Å². The number of carbonyl (C=O) groups is 1. The smallest absolute Gasteiger partial charge is 0.246 e. The van der Waals surface area contributed by atoms with Crippen LogP contribution in [0.25, 0.3) is 0 Å². The van der Waals surface area contributed by atoms with E-state index in [-0.39, 0.29) is 45.1 Å². The van der Waals surface area contributed by atoms with Gasteiger partial charge in [0.2, 0.25) is 15.9 Å². The van der Waals surface area contributed by atoms with E-state index in [9.17, 15) is 13.2 Å². The maximum absolute atomic E-state index is 13.6. The van der Waals surface area contributed by atoms with E-state index in [1.807, 2.05) is 0 Å². The Labute approximate surface area is 277 Å². The van der Waals surface area contributed by atoms with Crippen molar-refractivity contribution in [2.24, 2.45) is 5.92 Å². The van der Waals surface area contributed by atoms with E-state index in [1.54, 1.807) is 0 Å². The Morgan fingerprint density at radius 3 is 2.25 bits per heavy atom. The SMILES string of the molecule is CN1CCN(C(c2ccccc2)C2CCC(NC(=O)COCC3CCCCN3S(=O)(=O)c3c(Cl)cc(Cl)cc3Cl)CC2)CC1. The number of piperazine rings is 1. The highest BCUT2D eigenvalue weighted by atomic mass is 35.5. The molecule has 1 saturated carbocycles. The summed E-state index contributed by atoms with van der Waals surface area (Å²) in [7, 11) is -1.79. The molecule has 1 aliphatic carbocycles. The van der Waals surface area contributed by atoms with E-state index in [4.69, 9.17) is 39.5 Å². The Hall–Kier alpha value is -1.43. The minimum Gasteiger partial charge on any atom is -0.370 e. The topological polar surface area (TPSA) is 82.2 Å². The van der Waals surface area contributed by atoms with Gasteiger partial charge in [0.1, 0.15) is 11.5 Å². The van der Waals surface area contributed by atoms with Crippen molar-refractivity contribution < 1.29 is 17.9 Å². The molecule has 1 N–H and O–H groups in total. The highest BCUT2D eigenvalue weighted by Crippen LogP contribution is 2.39. The molecular formula is C32H43Cl3N4O4S. The predicted octanol–water partition coefficient (Wildman–Crippen LogP) is 5.87. The van der Waals surface area contributed by atoms with Crippen molar-refractivity contribution in [3.05, 3.63) is 63.1 Å². The van der Waals surface area contributed by atoms with Crippen LogP contribution in [0.3, 0.4) is 0 Å². The molecule has 2 atom stereocenters. The first-order valence-electron chi connectivity index (χ1n) is 15.6. The molecule has 2 aliphatic heterocycles. The normalized spacial score (nSPS) is 25.0. The van der Waals surface area contributed by atoms with Gasteiger partial charge in [0.05, 0.1) is 16.7 Å². The lowest BCUT2D eigenvalue weighted by atomic mass is 9.78. The summed E-state index contributed by atoms with van der Waals surface area (Å²) < 4.78 is 34.3. The molecule has 0 aromatic heterocycles. The van der Waals surface area contributed by atoms with Crippen LogP contribution >= 0.6 is 34.8 Å². The zero-order valence-electron chi connectivity index (χ0n) is 25.3. The third kappa shape index (κ3) is 8.28. The first-order valence-corrected chi connectivity index (χ1v) is 18.2. The van der Waals surface area contributed by atoms with Gasteiger partial charge in [-0.15, -0.1) is 0 Å². The summed E-state index contributed by atoms with van der Waals surface area (Å²) in [6.45, 7) is 4.66. The van der Waals surface area contributed by atoms with Crippen LogP contribution in [0, 0.1) is 5.92 Å². The van der Waals surface area contributed by atoms with Crippen LogP contribution in [0.2, 0.25) is 15.1 Å². The Kier molecular flexibility index (Phi) is 11.9. The summed E-state index contributed by atoms with van der Waals surface area (Å²) in [5.41, 5.74) is 1.39. The third-order valence-electron chi connectivity index (χ3n) is 9.30. The number of sulfonamides is 1. The van der Waals surface area contributed by atoms with Crippen LogP contribution in [0.4, 0.5) is 0 Å². The van der Waals surface area contributed by atoms with E-state index < -0.39 is 16.1 Å². The number of hydrogen-bond acceptors (Lipinski definition) is 6. The molecule has 0 radical (unpaired) electrons. The predicted molar refractivity (Wildman–Crippen MR) is 176 cm³/mol. The minimum absolute atomic E-state index is 0.0135. The number of likely N-dealkylation sites (N-methyl/N-ethyl adjacent to an activating group) is 1. The van der Waals surface area contributed by atoms with Crippen molar-refractivity contribution in [3.8, 4) is 0 Å². The van der Waals surface area contributed by atoms with E-state index in [2.05, 4.69) is 52.5 Å². The standard InChI is InChI=1S/C32H43Cl3N4O4S/c1-37-15-17-38(18-16-37)31(23-7-3-2-4-8-23)24-10-12-26(13-11-24)36-30(40)22-43-21-27-9-5-6-14-39(27)44(41,42)32-28(34)19-25(33)20-29(32)35/h2-4,7-8,19-20,24,26-27,31H,5-6,9-18,21-22H2,1H3,(H,36,40). The molecule has 5 rings (SSSR count). The first kappa shape index (κ1) is 33.9. The molecule has 44 heavy (non-hydrogen) atoms. The van der Waals surface area contributed by atoms with Gasteiger partial charge in [0.25, 0.3) is 0 Å². The fourth-order valence-corrected chi connectivity index (χ4v) is 10.2. The van der Waals surface area contributed by atoms with Crippen molar-refractivity contribution in [3.63, 3.8) is 0 Å². The maximum atomic E-state index is 13.6. The fraction of sp³-hybridized carbons (Fsp3) is 0.594. The lowest BCUT2D eigenvalue weighted by Gasteiger charge is -2.44. The summed E-state index contributed by atoms with van der Waals surface area (Å²) in [5, 5.41) is 3.41. The van der Waals surface area contributed by atoms with Crippen molar-refractivity contribution in [2.75, 3.05) is 53.0 Å². The zero-order chi connectivity index (χ0) is 31.3. The number of halogens is 3. The first-order chi connectivity index (χ1) is 21.1. The fourth-order valence-electron chi connectivity index (χ4n) is 7.02. The second-order valence-corrected chi connectivity index (χ2v) is 15.4. The molecule has 3 aliphatic rings. The van der Waals surface area contributed by atoms with Gasteiger partial charge in [-0.05, 0) is 69.2 Å². The van der Waals surface area contributed by atoms with Gasteiger partial charge >= 0.3 is 0 Å². The van der Waals surface area contributed by atoms with Crippen LogP contribution in [-0.4, -0.2) is 93.5 Å². The van der Waals surface area contributed by atoms with E-state index >= 15 is 0 Å². The third-order valence-corrected chi connectivity index (χ3v) is 12.4. The van der Waals surface area contributed by atoms with Gasteiger partial charge in [-0.1, -0.05) is 71.6 Å². The van der Waals surface area contributed by atoms with Gasteiger partial charge in [0, 0.05) is 55.9 Å². The number of piperidine rings is 1. The van der Waals surface area contributed by atoms with Gasteiger partial charge in [-0.3, -0.25) is 9.69 Å². The maximum Gasteiger partial charge on any atom is 0.246 e. The Morgan fingerprint density at radius 2 is 1.59 bits per heavy atom. The molecule has 8 nitrogen and oxygen atoms in total. The largest absolute Gasteiger partial charge is 0.370 e. The summed E-state index contributed by atoms with van der Waals surface area (Å²) in [4.78, 5) is 17.8. The second kappa shape index (κ2) is 15.4. The number of nitrogens with one attached hydrogen (secondary N) is 1. The summed E-state index contributed by atoms with van der Waals surface area (Å²) >= 11 is 18.5. The number of hydrogen-bond donors (Lipinski definition) is 1. The number of benzene rings is 2. The molecule has 0 bridgehead atoms. The molecule has 2 unspecified atom stereocenters. The number of carbonyl (C=O) groups excluding carboxylic acids is 1. The molecule has 0 spiro atoms. The molecule has 3 fully saturated rings. The summed E-state index contributed by atoms with van der Waals surface area (Å²) in [6, 6.07) is 13.7. The van der Waals surface area contributed by atoms with E-state index in [0.29, 0.717) is 24.9 Å². The van der Waals surface area contributed by atoms with Crippen molar-refractivity contribution in [2.45, 2.75) is 68.0 Å². The van der Waals surface area contributed by atoms with Gasteiger partial charge in [-0.2, -0.15) is 4.31 Å². The molecule has 2 heterocycles. The molecule has 12 heteroatoms. The zero-order valence-corrected chi connectivity index (χ0v) is 28.4. The quantitative estimate of drug-likeness (QED) is 0.337. The molecule has 2 aromatic rings. The molecule has 242 valence electrons. The Bertz CT molecular complexity index is 1340. The van der Waals surface area contributed by atoms with Gasteiger partial charge < -0.3 is 15.0 Å². The van der Waals surface area contributed by atoms with Gasteiger partial charge in [-0.25, -0.2) is 8.42 Å². The molecule has 1 amide bonds. The van der Waals surface area contributed by atoms with E-state index in [1.165, 1.54) is 22.0 Å². The highest BCUT2D eigenvalue weighted by molar-refractivity contribution is 7.89. The van der Waals surface area contributed by atoms with E-state index in [0.717, 1.165) is 64.7 Å². The number of amides is 1. The lowest BCUT2D eigenvalue weighted by molar-refractivity contribution is -0.127. The van der Waals surface area contributed by atoms with Crippen molar-refractivity contribution in [1.82, 2.24) is 19.4 Å². The lowest BCUT2D eigenvalue weighted by Crippen LogP contribution is -2.49. The van der Waals surface area contributed by atoms with Crippen molar-refractivity contribution >= 4 is 50.7 Å². The number of rotatable bonds is 10. The van der Waals surface area contributed by atoms with Gasteiger partial charge in [0.15, 0.2) is 0 Å². The Morgan fingerprint density at radius 1 is 0.932 bits per heavy atom. The van der Waals surface area contributed by atoms with Crippen LogP contribution in [-0.2, 0) is 19.6 Å². The van der Waals surface area contributed by atoms with Crippen LogP contribution in [0.5, 0.6) is 0 Å². The average Bonchev–Trinajstić information content (AvgIpc) is 2.99. The average molecular weight is 686 g/mol. The second-order valence-electron chi connectivity index (χ2n) is 12.4.